The number of anilines is 1. The van der Waals surface area contributed by atoms with E-state index in [9.17, 15) is 13.2 Å². The molecular weight excluding hydrogens is 277 g/mol. The molecule has 3 nitrogen and oxygen atoms in total. The lowest BCUT2D eigenvalue weighted by Gasteiger charge is -2.20. The summed E-state index contributed by atoms with van der Waals surface area (Å²) in [5.74, 6) is -1.60. The molecule has 0 aliphatic carbocycles. The summed E-state index contributed by atoms with van der Waals surface area (Å²) in [5.41, 5.74) is 5.92. The number of nitrogens with zero attached hydrogens (tertiary/aromatic N) is 1. The Bertz CT molecular complexity index is 449. The van der Waals surface area contributed by atoms with Crippen LogP contribution in [0.15, 0.2) is 24.3 Å². The lowest BCUT2D eigenvalue weighted by molar-refractivity contribution is -0.161. The maximum absolute atomic E-state index is 12.6. The molecule has 7 heteroatoms. The van der Waals surface area contributed by atoms with Crippen LogP contribution in [0.4, 0.5) is 18.9 Å². The van der Waals surface area contributed by atoms with Gasteiger partial charge in [-0.2, -0.15) is 13.2 Å². The van der Waals surface area contributed by atoms with Crippen molar-refractivity contribution in [2.24, 2.45) is 11.7 Å². The van der Waals surface area contributed by atoms with E-state index >= 15 is 0 Å². The number of ether oxygens (including phenoxy) is 1. The van der Waals surface area contributed by atoms with E-state index in [0.717, 1.165) is 5.69 Å². The standard InChI is InChI=1S/C12H15F3N2OS/c1-17(2)8-4-3-5-9(6-8)18-7-10(11(16)19)12(13,14)15/h3-6,10H,7H2,1-2H3,(H2,16,19). The number of hydrogen-bond acceptors (Lipinski definition) is 3. The van der Waals surface area contributed by atoms with Gasteiger partial charge in [0.25, 0.3) is 0 Å². The van der Waals surface area contributed by atoms with Crippen molar-refractivity contribution in [1.29, 1.82) is 0 Å². The smallest absolute Gasteiger partial charge is 0.401 e. The Kier molecular flexibility index (Phi) is 4.99. The molecule has 0 bridgehead atoms. The minimum absolute atomic E-state index is 0.344. The van der Waals surface area contributed by atoms with E-state index in [0.29, 0.717) is 5.75 Å². The summed E-state index contributed by atoms with van der Waals surface area (Å²) in [5, 5.41) is 0. The normalized spacial score (nSPS) is 12.9. The fourth-order valence-corrected chi connectivity index (χ4v) is 1.57. The van der Waals surface area contributed by atoms with E-state index in [4.69, 9.17) is 10.5 Å². The van der Waals surface area contributed by atoms with Gasteiger partial charge in [0.2, 0.25) is 0 Å². The van der Waals surface area contributed by atoms with Crippen LogP contribution in [0.5, 0.6) is 5.75 Å². The zero-order valence-corrected chi connectivity index (χ0v) is 11.4. The molecule has 1 aromatic rings. The third-order valence-corrected chi connectivity index (χ3v) is 2.77. The highest BCUT2D eigenvalue weighted by atomic mass is 32.1. The SMILES string of the molecule is CN(C)c1cccc(OCC(C(N)=S)C(F)(F)F)c1. The van der Waals surface area contributed by atoms with Gasteiger partial charge < -0.3 is 15.4 Å². The minimum atomic E-state index is -4.50. The Hall–Kier alpha value is -1.50. The van der Waals surface area contributed by atoms with E-state index in [1.54, 1.807) is 18.2 Å². The predicted molar refractivity (Wildman–Crippen MR) is 72.6 cm³/mol. The molecule has 0 aliphatic heterocycles. The number of alkyl halides is 3. The van der Waals surface area contributed by atoms with Crippen molar-refractivity contribution in [3.8, 4) is 5.75 Å². The molecular formula is C12H15F3N2OS. The molecule has 1 unspecified atom stereocenters. The molecule has 2 N–H and O–H groups in total. The highest BCUT2D eigenvalue weighted by Crippen LogP contribution is 2.28. The fourth-order valence-electron chi connectivity index (χ4n) is 1.37. The van der Waals surface area contributed by atoms with Crippen LogP contribution in [-0.2, 0) is 0 Å². The summed E-state index contributed by atoms with van der Waals surface area (Å²) >= 11 is 4.42. The van der Waals surface area contributed by atoms with Crippen molar-refractivity contribution in [2.45, 2.75) is 6.18 Å². The van der Waals surface area contributed by atoms with Crippen LogP contribution in [0.2, 0.25) is 0 Å². The Morgan fingerprint density at radius 2 is 2.05 bits per heavy atom. The van der Waals surface area contributed by atoms with E-state index in [-0.39, 0.29) is 0 Å². The molecule has 106 valence electrons. The Morgan fingerprint density at radius 1 is 1.42 bits per heavy atom. The first kappa shape index (κ1) is 15.6. The van der Waals surface area contributed by atoms with Gasteiger partial charge in [-0.05, 0) is 12.1 Å². The highest BCUT2D eigenvalue weighted by Gasteiger charge is 2.42. The van der Waals surface area contributed by atoms with E-state index < -0.39 is 23.7 Å². The van der Waals surface area contributed by atoms with Crippen LogP contribution in [0.1, 0.15) is 0 Å². The van der Waals surface area contributed by atoms with Crippen molar-refractivity contribution in [2.75, 3.05) is 25.6 Å². The molecule has 0 saturated carbocycles. The number of rotatable bonds is 5. The Balaban J connectivity index is 2.75. The molecule has 0 saturated heterocycles. The van der Waals surface area contributed by atoms with Crippen LogP contribution in [0.25, 0.3) is 0 Å². The first-order chi connectivity index (χ1) is 8.71. The Morgan fingerprint density at radius 3 is 2.53 bits per heavy atom. The molecule has 0 fully saturated rings. The lowest BCUT2D eigenvalue weighted by Crippen LogP contribution is -2.38. The molecule has 1 atom stereocenters. The van der Waals surface area contributed by atoms with Crippen LogP contribution in [-0.4, -0.2) is 31.9 Å². The molecule has 0 amide bonds. The molecule has 0 heterocycles. The van der Waals surface area contributed by atoms with E-state index in [2.05, 4.69) is 12.2 Å². The van der Waals surface area contributed by atoms with Gasteiger partial charge in [-0.1, -0.05) is 18.3 Å². The molecule has 19 heavy (non-hydrogen) atoms. The van der Waals surface area contributed by atoms with Gasteiger partial charge in [0.1, 0.15) is 18.3 Å². The van der Waals surface area contributed by atoms with Gasteiger partial charge in [0.15, 0.2) is 0 Å². The van der Waals surface area contributed by atoms with Gasteiger partial charge in [-0.3, -0.25) is 0 Å². The highest BCUT2D eigenvalue weighted by molar-refractivity contribution is 7.80. The first-order valence-corrected chi connectivity index (χ1v) is 5.89. The van der Waals surface area contributed by atoms with Gasteiger partial charge >= 0.3 is 6.18 Å². The largest absolute Gasteiger partial charge is 0.492 e. The van der Waals surface area contributed by atoms with Gasteiger partial charge in [-0.25, -0.2) is 0 Å². The summed E-state index contributed by atoms with van der Waals surface area (Å²) in [6, 6.07) is 6.75. The summed E-state index contributed by atoms with van der Waals surface area (Å²) < 4.78 is 43.0. The first-order valence-electron chi connectivity index (χ1n) is 5.48. The fraction of sp³-hybridized carbons (Fsp3) is 0.417. The average Bonchev–Trinajstić information content (AvgIpc) is 2.27. The summed E-state index contributed by atoms with van der Waals surface area (Å²) in [4.78, 5) is 1.21. The molecule has 0 spiro atoms. The van der Waals surface area contributed by atoms with Crippen LogP contribution >= 0.6 is 12.2 Å². The lowest BCUT2D eigenvalue weighted by atomic mass is 10.1. The monoisotopic (exact) mass is 292 g/mol. The van der Waals surface area contributed by atoms with Crippen molar-refractivity contribution in [3.05, 3.63) is 24.3 Å². The second-order valence-corrected chi connectivity index (χ2v) is 4.67. The van der Waals surface area contributed by atoms with E-state index in [1.165, 1.54) is 0 Å². The van der Waals surface area contributed by atoms with Crippen molar-refractivity contribution < 1.29 is 17.9 Å². The molecule has 0 aliphatic rings. The number of benzene rings is 1. The van der Waals surface area contributed by atoms with Gasteiger partial charge in [0, 0.05) is 25.8 Å². The second kappa shape index (κ2) is 6.10. The van der Waals surface area contributed by atoms with E-state index in [1.807, 2.05) is 25.1 Å². The quantitative estimate of drug-likeness (QED) is 0.847. The van der Waals surface area contributed by atoms with Crippen molar-refractivity contribution in [3.63, 3.8) is 0 Å². The Labute approximate surface area is 115 Å². The third kappa shape index (κ3) is 4.59. The summed E-state index contributed by atoms with van der Waals surface area (Å²) in [7, 11) is 3.65. The van der Waals surface area contributed by atoms with Crippen LogP contribution in [0, 0.1) is 5.92 Å². The van der Waals surface area contributed by atoms with Crippen LogP contribution < -0.4 is 15.4 Å². The zero-order valence-electron chi connectivity index (χ0n) is 10.6. The van der Waals surface area contributed by atoms with Gasteiger partial charge in [-0.15, -0.1) is 0 Å². The average molecular weight is 292 g/mol. The topological polar surface area (TPSA) is 38.5 Å². The van der Waals surface area contributed by atoms with Crippen molar-refractivity contribution in [1.82, 2.24) is 0 Å². The number of nitrogens with two attached hydrogens (primary N) is 1. The molecule has 0 radical (unpaired) electrons. The summed E-state index contributed by atoms with van der Waals surface area (Å²) in [6.07, 6.45) is -4.50. The number of hydrogen-bond donors (Lipinski definition) is 1. The van der Waals surface area contributed by atoms with Crippen molar-refractivity contribution >= 4 is 22.9 Å². The molecule has 1 aromatic carbocycles. The maximum atomic E-state index is 12.6. The summed E-state index contributed by atoms with van der Waals surface area (Å²) in [6.45, 7) is -0.615. The van der Waals surface area contributed by atoms with Gasteiger partial charge in [0.05, 0.1) is 4.99 Å². The molecule has 0 aromatic heterocycles. The number of halogens is 3. The molecule has 1 rings (SSSR count). The van der Waals surface area contributed by atoms with Crippen LogP contribution in [0.3, 0.4) is 0 Å². The number of thiocarbonyl (C=S) groups is 1. The maximum Gasteiger partial charge on any atom is 0.401 e. The third-order valence-electron chi connectivity index (χ3n) is 2.49. The zero-order chi connectivity index (χ0) is 14.6. The second-order valence-electron chi connectivity index (χ2n) is 4.20. The minimum Gasteiger partial charge on any atom is -0.492 e. The predicted octanol–water partition coefficient (Wildman–Crippen LogP) is 2.60.